The van der Waals surface area contributed by atoms with E-state index in [9.17, 15) is 10.1 Å². The van der Waals surface area contributed by atoms with Gasteiger partial charge < -0.3 is 19.9 Å². The van der Waals surface area contributed by atoms with Gasteiger partial charge in [-0.05, 0) is 42.5 Å². The van der Waals surface area contributed by atoms with Crippen LogP contribution in [0.15, 0.2) is 48.5 Å². The number of thiocarbonyl (C=S) groups is 1. The molecule has 3 rings (SSSR count). The van der Waals surface area contributed by atoms with Crippen molar-refractivity contribution in [2.45, 2.75) is 0 Å². The van der Waals surface area contributed by atoms with Crippen LogP contribution in [-0.2, 0) is 0 Å². The van der Waals surface area contributed by atoms with Crippen LogP contribution in [0.3, 0.4) is 0 Å². The Balaban J connectivity index is 1.59. The molecule has 0 aromatic heterocycles. The fourth-order valence-corrected chi connectivity index (χ4v) is 3.21. The predicted molar refractivity (Wildman–Crippen MR) is 106 cm³/mol. The van der Waals surface area contributed by atoms with Crippen LogP contribution in [0.5, 0.6) is 5.75 Å². The number of anilines is 2. The van der Waals surface area contributed by atoms with Gasteiger partial charge in [-0.15, -0.1) is 0 Å². The Bertz CT molecular complexity index is 789. The number of para-hydroxylation sites is 2. The van der Waals surface area contributed by atoms with E-state index in [4.69, 9.17) is 17.0 Å². The summed E-state index contributed by atoms with van der Waals surface area (Å²) in [5.41, 5.74) is 1.70. The molecular formula is C18H20N4O3S. The van der Waals surface area contributed by atoms with E-state index in [2.05, 4.69) is 10.2 Å². The summed E-state index contributed by atoms with van der Waals surface area (Å²) < 4.78 is 5.15. The number of piperazine rings is 1. The fourth-order valence-electron chi connectivity index (χ4n) is 2.91. The molecule has 7 nitrogen and oxygen atoms in total. The van der Waals surface area contributed by atoms with Gasteiger partial charge in [0.05, 0.1) is 12.0 Å². The van der Waals surface area contributed by atoms with Gasteiger partial charge in [0.15, 0.2) is 5.11 Å². The predicted octanol–water partition coefficient (Wildman–Crippen LogP) is 3.12. The minimum absolute atomic E-state index is 0.139. The topological polar surface area (TPSA) is 70.9 Å². The second kappa shape index (κ2) is 8.01. The second-order valence-corrected chi connectivity index (χ2v) is 6.27. The van der Waals surface area contributed by atoms with E-state index >= 15 is 0 Å². The quantitative estimate of drug-likeness (QED) is 0.502. The first-order chi connectivity index (χ1) is 12.6. The van der Waals surface area contributed by atoms with Gasteiger partial charge >= 0.3 is 0 Å². The third-order valence-electron chi connectivity index (χ3n) is 4.33. The normalized spacial score (nSPS) is 14.0. The lowest BCUT2D eigenvalue weighted by molar-refractivity contribution is -0.384. The van der Waals surface area contributed by atoms with Crippen LogP contribution in [0.4, 0.5) is 17.1 Å². The number of nitro groups is 1. The number of methoxy groups -OCH3 is 1. The number of benzene rings is 2. The first-order valence-electron chi connectivity index (χ1n) is 8.27. The molecule has 0 bridgehead atoms. The van der Waals surface area contributed by atoms with Gasteiger partial charge in [-0.25, -0.2) is 0 Å². The van der Waals surface area contributed by atoms with Crippen LogP contribution in [0, 0.1) is 10.1 Å². The molecule has 0 radical (unpaired) electrons. The van der Waals surface area contributed by atoms with Gasteiger partial charge in [0.25, 0.3) is 5.69 Å². The highest BCUT2D eigenvalue weighted by Gasteiger charge is 2.24. The lowest BCUT2D eigenvalue weighted by atomic mass is 10.2. The Morgan fingerprint density at radius 3 is 2.38 bits per heavy atom. The maximum Gasteiger partial charge on any atom is 0.292 e. The van der Waals surface area contributed by atoms with E-state index in [-0.39, 0.29) is 10.6 Å². The molecule has 0 saturated carbocycles. The van der Waals surface area contributed by atoms with Gasteiger partial charge in [-0.1, -0.05) is 12.1 Å². The first kappa shape index (κ1) is 17.9. The van der Waals surface area contributed by atoms with Crippen molar-refractivity contribution in [3.63, 3.8) is 0 Å². The summed E-state index contributed by atoms with van der Waals surface area (Å²) in [5.74, 6) is 0.791. The third kappa shape index (κ3) is 4.02. The number of rotatable bonds is 4. The highest BCUT2D eigenvalue weighted by molar-refractivity contribution is 7.80. The van der Waals surface area contributed by atoms with E-state index in [1.807, 2.05) is 35.2 Å². The Morgan fingerprint density at radius 2 is 1.77 bits per heavy atom. The summed E-state index contributed by atoms with van der Waals surface area (Å²) in [6, 6.07) is 14.4. The van der Waals surface area contributed by atoms with Crippen molar-refractivity contribution in [3.05, 3.63) is 58.6 Å². The van der Waals surface area contributed by atoms with Crippen molar-refractivity contribution >= 4 is 34.4 Å². The van der Waals surface area contributed by atoms with Crippen molar-refractivity contribution in [3.8, 4) is 5.75 Å². The van der Waals surface area contributed by atoms with Gasteiger partial charge in [-0.3, -0.25) is 10.1 Å². The highest BCUT2D eigenvalue weighted by atomic mass is 32.1. The van der Waals surface area contributed by atoms with E-state index in [1.165, 1.54) is 6.07 Å². The average molecular weight is 372 g/mol. The van der Waals surface area contributed by atoms with Crippen molar-refractivity contribution in [2.24, 2.45) is 0 Å². The maximum atomic E-state index is 11.2. The molecule has 0 spiro atoms. The van der Waals surface area contributed by atoms with Crippen LogP contribution in [0.1, 0.15) is 0 Å². The van der Waals surface area contributed by atoms with Gasteiger partial charge in [0.2, 0.25) is 0 Å². The molecule has 136 valence electrons. The average Bonchev–Trinajstić information content (AvgIpc) is 2.68. The molecule has 1 fully saturated rings. The summed E-state index contributed by atoms with van der Waals surface area (Å²) >= 11 is 5.50. The number of nitrogens with zero attached hydrogens (tertiary/aromatic N) is 3. The monoisotopic (exact) mass is 372 g/mol. The molecule has 0 unspecified atom stereocenters. The molecular weight excluding hydrogens is 352 g/mol. The Kier molecular flexibility index (Phi) is 5.52. The molecule has 0 atom stereocenters. The molecule has 2 aromatic carbocycles. The molecule has 0 aliphatic carbocycles. The summed E-state index contributed by atoms with van der Waals surface area (Å²) in [5, 5.41) is 15.1. The first-order valence-corrected chi connectivity index (χ1v) is 8.67. The van der Waals surface area contributed by atoms with Crippen LogP contribution < -0.4 is 15.0 Å². The summed E-state index contributed by atoms with van der Waals surface area (Å²) in [4.78, 5) is 15.0. The molecule has 1 N–H and O–H groups in total. The summed E-state index contributed by atoms with van der Waals surface area (Å²) in [6.45, 7) is 2.76. The zero-order valence-electron chi connectivity index (χ0n) is 14.4. The van der Waals surface area contributed by atoms with Gasteiger partial charge in [-0.2, -0.15) is 0 Å². The van der Waals surface area contributed by atoms with Crippen LogP contribution >= 0.6 is 12.2 Å². The minimum atomic E-state index is -0.336. The maximum absolute atomic E-state index is 11.2. The van der Waals surface area contributed by atoms with Crippen molar-refractivity contribution in [1.29, 1.82) is 0 Å². The summed E-state index contributed by atoms with van der Waals surface area (Å²) in [7, 11) is 1.63. The summed E-state index contributed by atoms with van der Waals surface area (Å²) in [6.07, 6.45) is 0. The smallest absolute Gasteiger partial charge is 0.292 e. The van der Waals surface area contributed by atoms with E-state index < -0.39 is 0 Å². The number of nitrogens with one attached hydrogen (secondary N) is 1. The molecule has 2 aromatic rings. The lowest BCUT2D eigenvalue weighted by Gasteiger charge is -2.37. The Hall–Kier alpha value is -2.87. The van der Waals surface area contributed by atoms with E-state index in [0.29, 0.717) is 37.0 Å². The van der Waals surface area contributed by atoms with Crippen molar-refractivity contribution in [2.75, 3.05) is 43.5 Å². The second-order valence-electron chi connectivity index (χ2n) is 5.88. The van der Waals surface area contributed by atoms with Gasteiger partial charge in [0, 0.05) is 37.9 Å². The highest BCUT2D eigenvalue weighted by Crippen LogP contribution is 2.28. The number of nitro benzene ring substituents is 1. The molecule has 1 aliphatic rings. The van der Waals surface area contributed by atoms with Crippen molar-refractivity contribution < 1.29 is 9.66 Å². The third-order valence-corrected chi connectivity index (χ3v) is 4.69. The molecule has 0 amide bonds. The van der Waals surface area contributed by atoms with Crippen LogP contribution in [0.2, 0.25) is 0 Å². The van der Waals surface area contributed by atoms with E-state index in [1.54, 1.807) is 19.2 Å². The number of hydrogen-bond donors (Lipinski definition) is 1. The van der Waals surface area contributed by atoms with Crippen molar-refractivity contribution in [1.82, 2.24) is 4.90 Å². The molecule has 1 saturated heterocycles. The fraction of sp³-hybridized carbons (Fsp3) is 0.278. The molecule has 1 aliphatic heterocycles. The standard InChI is InChI=1S/C18H20N4O3S/c1-25-15-8-6-14(7-9-15)19-18(26)21-12-10-20(11-13-21)16-4-2-3-5-17(16)22(23)24/h2-9H,10-13H2,1H3,(H,19,26). The number of hydrogen-bond acceptors (Lipinski definition) is 5. The molecule has 1 heterocycles. The number of ether oxygens (including phenoxy) is 1. The SMILES string of the molecule is COc1ccc(NC(=S)N2CCN(c3ccccc3[N+](=O)[O-])CC2)cc1. The molecule has 26 heavy (non-hydrogen) atoms. The largest absolute Gasteiger partial charge is 0.497 e. The Labute approximate surface area is 157 Å². The lowest BCUT2D eigenvalue weighted by Crippen LogP contribution is -2.50. The van der Waals surface area contributed by atoms with E-state index in [0.717, 1.165) is 11.4 Å². The Morgan fingerprint density at radius 1 is 1.12 bits per heavy atom. The van der Waals surface area contributed by atoms with Crippen LogP contribution in [0.25, 0.3) is 0 Å². The zero-order valence-corrected chi connectivity index (χ0v) is 15.2. The van der Waals surface area contributed by atoms with Crippen LogP contribution in [-0.4, -0.2) is 48.2 Å². The minimum Gasteiger partial charge on any atom is -0.497 e. The molecule has 8 heteroatoms. The van der Waals surface area contributed by atoms with Gasteiger partial charge in [0.1, 0.15) is 11.4 Å². The zero-order chi connectivity index (χ0) is 18.5.